The Morgan fingerprint density at radius 1 is 1.31 bits per heavy atom. The Hall–Kier alpha value is -0.810. The third kappa shape index (κ3) is 3.35. The summed E-state index contributed by atoms with van der Waals surface area (Å²) in [6.07, 6.45) is 6.20. The van der Waals surface area contributed by atoms with Crippen LogP contribution in [0.15, 0.2) is 4.99 Å². The predicted octanol–water partition coefficient (Wildman–Crippen LogP) is 0.374. The SMILES string of the molecule is NNC(=NCC1CCOC1)NC1CCCC1. The van der Waals surface area contributed by atoms with Crippen LogP contribution in [0.2, 0.25) is 0 Å². The van der Waals surface area contributed by atoms with Gasteiger partial charge in [0.2, 0.25) is 5.96 Å². The summed E-state index contributed by atoms with van der Waals surface area (Å²) in [5, 5.41) is 3.36. The fourth-order valence-corrected chi connectivity index (χ4v) is 2.34. The number of hydrogen-bond donors (Lipinski definition) is 3. The maximum Gasteiger partial charge on any atom is 0.205 e. The van der Waals surface area contributed by atoms with Gasteiger partial charge >= 0.3 is 0 Å². The molecule has 1 atom stereocenters. The van der Waals surface area contributed by atoms with E-state index in [1.54, 1.807) is 0 Å². The van der Waals surface area contributed by atoms with E-state index in [0.717, 1.165) is 32.1 Å². The zero-order chi connectivity index (χ0) is 11.2. The lowest BCUT2D eigenvalue weighted by Crippen LogP contribution is -2.45. The van der Waals surface area contributed by atoms with Crippen LogP contribution < -0.4 is 16.6 Å². The summed E-state index contributed by atoms with van der Waals surface area (Å²) in [7, 11) is 0. The molecule has 1 unspecified atom stereocenters. The highest BCUT2D eigenvalue weighted by atomic mass is 16.5. The monoisotopic (exact) mass is 226 g/mol. The first-order chi connectivity index (χ1) is 7.88. The lowest BCUT2D eigenvalue weighted by Gasteiger charge is -2.15. The van der Waals surface area contributed by atoms with E-state index >= 15 is 0 Å². The number of nitrogens with one attached hydrogen (secondary N) is 2. The molecule has 92 valence electrons. The highest BCUT2D eigenvalue weighted by molar-refractivity contribution is 5.79. The first-order valence-electron chi connectivity index (χ1n) is 6.24. The molecule has 2 rings (SSSR count). The van der Waals surface area contributed by atoms with Gasteiger partial charge in [0.15, 0.2) is 0 Å². The van der Waals surface area contributed by atoms with Crippen LogP contribution in [0.5, 0.6) is 0 Å². The van der Waals surface area contributed by atoms with Crippen LogP contribution in [-0.4, -0.2) is 31.8 Å². The molecule has 2 fully saturated rings. The van der Waals surface area contributed by atoms with Crippen molar-refractivity contribution in [3.8, 4) is 0 Å². The molecule has 1 aliphatic heterocycles. The molecule has 0 amide bonds. The zero-order valence-electron chi connectivity index (χ0n) is 9.74. The molecule has 2 aliphatic rings. The molecular formula is C11H22N4O. The van der Waals surface area contributed by atoms with Crippen molar-refractivity contribution in [2.45, 2.75) is 38.1 Å². The number of nitrogens with two attached hydrogens (primary N) is 1. The molecule has 5 heteroatoms. The van der Waals surface area contributed by atoms with Gasteiger partial charge in [-0.15, -0.1) is 0 Å². The molecule has 0 aromatic rings. The minimum Gasteiger partial charge on any atom is -0.381 e. The molecule has 1 aliphatic carbocycles. The summed E-state index contributed by atoms with van der Waals surface area (Å²) in [5.74, 6) is 6.76. The Labute approximate surface area is 96.8 Å². The minimum atomic E-state index is 0.551. The van der Waals surface area contributed by atoms with Crippen molar-refractivity contribution in [2.24, 2.45) is 16.8 Å². The van der Waals surface area contributed by atoms with Crippen LogP contribution in [0.3, 0.4) is 0 Å². The van der Waals surface area contributed by atoms with Crippen molar-refractivity contribution >= 4 is 5.96 Å². The van der Waals surface area contributed by atoms with Gasteiger partial charge in [-0.25, -0.2) is 5.84 Å². The molecule has 0 aromatic heterocycles. The summed E-state index contributed by atoms with van der Waals surface area (Å²) >= 11 is 0. The van der Waals surface area contributed by atoms with E-state index in [0.29, 0.717) is 12.0 Å². The van der Waals surface area contributed by atoms with Gasteiger partial charge in [-0.2, -0.15) is 0 Å². The summed E-state index contributed by atoms with van der Waals surface area (Å²) in [4.78, 5) is 4.48. The van der Waals surface area contributed by atoms with Gasteiger partial charge in [-0.3, -0.25) is 10.4 Å². The fraction of sp³-hybridized carbons (Fsp3) is 0.909. The van der Waals surface area contributed by atoms with E-state index in [1.807, 2.05) is 0 Å². The number of ether oxygens (including phenoxy) is 1. The van der Waals surface area contributed by atoms with E-state index in [9.17, 15) is 0 Å². The average Bonchev–Trinajstić information content (AvgIpc) is 2.97. The van der Waals surface area contributed by atoms with Crippen LogP contribution in [0.1, 0.15) is 32.1 Å². The Kier molecular flexibility index (Phi) is 4.42. The van der Waals surface area contributed by atoms with Gasteiger partial charge in [0.1, 0.15) is 0 Å². The highest BCUT2D eigenvalue weighted by Crippen LogP contribution is 2.17. The summed E-state index contributed by atoms with van der Waals surface area (Å²) in [5.41, 5.74) is 2.65. The van der Waals surface area contributed by atoms with Gasteiger partial charge in [0.05, 0.1) is 6.61 Å². The van der Waals surface area contributed by atoms with Crippen LogP contribution >= 0.6 is 0 Å². The van der Waals surface area contributed by atoms with E-state index in [1.165, 1.54) is 25.7 Å². The second kappa shape index (κ2) is 6.06. The van der Waals surface area contributed by atoms with E-state index in [4.69, 9.17) is 10.6 Å². The number of hydrogen-bond acceptors (Lipinski definition) is 3. The third-order valence-corrected chi connectivity index (χ3v) is 3.36. The number of guanidine groups is 1. The summed E-state index contributed by atoms with van der Waals surface area (Å²) in [6.45, 7) is 2.52. The van der Waals surface area contributed by atoms with Crippen LogP contribution in [0.4, 0.5) is 0 Å². The van der Waals surface area contributed by atoms with E-state index < -0.39 is 0 Å². The summed E-state index contributed by atoms with van der Waals surface area (Å²) in [6, 6.07) is 0.551. The largest absolute Gasteiger partial charge is 0.381 e. The van der Waals surface area contributed by atoms with E-state index in [-0.39, 0.29) is 0 Å². The topological polar surface area (TPSA) is 71.7 Å². The maximum absolute atomic E-state index is 5.46. The van der Waals surface area contributed by atoms with Crippen molar-refractivity contribution in [3.05, 3.63) is 0 Å². The second-order valence-corrected chi connectivity index (χ2v) is 4.69. The van der Waals surface area contributed by atoms with Gasteiger partial charge in [0.25, 0.3) is 0 Å². The average molecular weight is 226 g/mol. The molecule has 1 heterocycles. The molecule has 5 nitrogen and oxygen atoms in total. The molecule has 4 N–H and O–H groups in total. The Balaban J connectivity index is 1.75. The van der Waals surface area contributed by atoms with E-state index in [2.05, 4.69) is 15.7 Å². The molecule has 1 saturated heterocycles. The van der Waals surface area contributed by atoms with Gasteiger partial charge in [-0.05, 0) is 19.3 Å². The Morgan fingerprint density at radius 3 is 2.75 bits per heavy atom. The molecule has 1 saturated carbocycles. The normalized spacial score (nSPS) is 27.3. The number of hydrazine groups is 1. The second-order valence-electron chi connectivity index (χ2n) is 4.69. The number of nitrogens with zero attached hydrogens (tertiary/aromatic N) is 1. The fourth-order valence-electron chi connectivity index (χ4n) is 2.34. The van der Waals surface area contributed by atoms with Crippen molar-refractivity contribution in [1.82, 2.24) is 10.7 Å². The molecule has 0 spiro atoms. The van der Waals surface area contributed by atoms with Crippen LogP contribution in [0.25, 0.3) is 0 Å². The number of rotatable bonds is 3. The van der Waals surface area contributed by atoms with Gasteiger partial charge < -0.3 is 10.1 Å². The van der Waals surface area contributed by atoms with Crippen molar-refractivity contribution in [1.29, 1.82) is 0 Å². The maximum atomic E-state index is 5.46. The quantitative estimate of drug-likeness (QED) is 0.281. The van der Waals surface area contributed by atoms with Crippen molar-refractivity contribution in [3.63, 3.8) is 0 Å². The molecule has 0 bridgehead atoms. The minimum absolute atomic E-state index is 0.551. The predicted molar refractivity (Wildman–Crippen MR) is 63.9 cm³/mol. The number of aliphatic imine (C=N–C) groups is 1. The van der Waals surface area contributed by atoms with Crippen molar-refractivity contribution in [2.75, 3.05) is 19.8 Å². The first-order valence-corrected chi connectivity index (χ1v) is 6.24. The first kappa shape index (κ1) is 11.7. The van der Waals surface area contributed by atoms with Crippen molar-refractivity contribution < 1.29 is 4.74 Å². The Morgan fingerprint density at radius 2 is 2.12 bits per heavy atom. The smallest absolute Gasteiger partial charge is 0.205 e. The molecule has 0 radical (unpaired) electrons. The molecule has 16 heavy (non-hydrogen) atoms. The lowest BCUT2D eigenvalue weighted by molar-refractivity contribution is 0.187. The third-order valence-electron chi connectivity index (χ3n) is 3.36. The van der Waals surface area contributed by atoms with Crippen LogP contribution in [0, 0.1) is 5.92 Å². The molecular weight excluding hydrogens is 204 g/mol. The van der Waals surface area contributed by atoms with Gasteiger partial charge in [0, 0.05) is 25.1 Å². The Bertz CT molecular complexity index is 232. The highest BCUT2D eigenvalue weighted by Gasteiger charge is 2.17. The zero-order valence-corrected chi connectivity index (χ0v) is 9.74. The van der Waals surface area contributed by atoms with Gasteiger partial charge in [-0.1, -0.05) is 12.8 Å². The summed E-state index contributed by atoms with van der Waals surface area (Å²) < 4.78 is 5.32. The molecule has 0 aromatic carbocycles. The lowest BCUT2D eigenvalue weighted by atomic mass is 10.1. The van der Waals surface area contributed by atoms with Crippen LogP contribution in [-0.2, 0) is 4.74 Å². The standard InChI is InChI=1S/C11H22N4O/c12-15-11(14-10-3-1-2-4-10)13-7-9-5-6-16-8-9/h9-10H,1-8,12H2,(H2,13,14,15).